The van der Waals surface area contributed by atoms with E-state index >= 15 is 0 Å². The van der Waals surface area contributed by atoms with Crippen LogP contribution in [-0.2, 0) is 0 Å². The number of anilines is 3. The summed E-state index contributed by atoms with van der Waals surface area (Å²) in [4.78, 5) is 0. The summed E-state index contributed by atoms with van der Waals surface area (Å²) in [6, 6.07) is 11.0. The van der Waals surface area contributed by atoms with E-state index in [1.165, 1.54) is 0 Å². The maximum Gasteiger partial charge on any atom is 0.142 e. The number of ether oxygens (including phenoxy) is 1. The average molecular weight is 328 g/mol. The van der Waals surface area contributed by atoms with Gasteiger partial charge >= 0.3 is 0 Å². The van der Waals surface area contributed by atoms with Crippen LogP contribution in [0.25, 0.3) is 0 Å². The molecule has 0 spiro atoms. The third-order valence-electron chi connectivity index (χ3n) is 2.47. The van der Waals surface area contributed by atoms with Crippen molar-refractivity contribution in [3.63, 3.8) is 0 Å². The Morgan fingerprint density at radius 1 is 1.28 bits per heavy atom. The first-order valence-electron chi connectivity index (χ1n) is 5.26. The van der Waals surface area contributed by atoms with Gasteiger partial charge in [0, 0.05) is 4.47 Å². The first kappa shape index (κ1) is 13.1. The quantitative estimate of drug-likeness (QED) is 0.819. The van der Waals surface area contributed by atoms with E-state index in [2.05, 4.69) is 21.2 Å². The molecule has 0 saturated carbocycles. The minimum Gasteiger partial charge on any atom is -0.495 e. The van der Waals surface area contributed by atoms with Crippen molar-refractivity contribution >= 4 is 44.6 Å². The summed E-state index contributed by atoms with van der Waals surface area (Å²) >= 11 is 9.54. The van der Waals surface area contributed by atoms with E-state index in [0.29, 0.717) is 16.4 Å². The lowest BCUT2D eigenvalue weighted by atomic mass is 10.2. The number of hydrogen-bond donors (Lipinski definition) is 2. The number of para-hydroxylation sites is 1. The molecule has 2 rings (SSSR count). The molecule has 94 valence electrons. The zero-order chi connectivity index (χ0) is 13.1. The zero-order valence-electron chi connectivity index (χ0n) is 9.71. The van der Waals surface area contributed by atoms with E-state index in [4.69, 9.17) is 22.1 Å². The lowest BCUT2D eigenvalue weighted by molar-refractivity contribution is 0.417. The fraction of sp³-hybridized carbons (Fsp3) is 0.0769. The summed E-state index contributed by atoms with van der Waals surface area (Å²) in [6.45, 7) is 0. The first-order valence-corrected chi connectivity index (χ1v) is 6.43. The predicted molar refractivity (Wildman–Crippen MR) is 79.8 cm³/mol. The second kappa shape index (κ2) is 5.50. The molecule has 0 aliphatic carbocycles. The number of methoxy groups -OCH3 is 1. The molecule has 0 heterocycles. The molecule has 18 heavy (non-hydrogen) atoms. The Kier molecular flexibility index (Phi) is 3.99. The topological polar surface area (TPSA) is 47.3 Å². The highest BCUT2D eigenvalue weighted by molar-refractivity contribution is 9.10. The fourth-order valence-electron chi connectivity index (χ4n) is 1.59. The van der Waals surface area contributed by atoms with Gasteiger partial charge in [-0.1, -0.05) is 33.6 Å². The Balaban J connectivity index is 2.42. The van der Waals surface area contributed by atoms with Crippen molar-refractivity contribution in [3.8, 4) is 5.75 Å². The van der Waals surface area contributed by atoms with Crippen LogP contribution < -0.4 is 15.8 Å². The highest BCUT2D eigenvalue weighted by Crippen LogP contribution is 2.35. The van der Waals surface area contributed by atoms with Crippen molar-refractivity contribution in [1.29, 1.82) is 0 Å². The minimum atomic E-state index is 0.567. The van der Waals surface area contributed by atoms with E-state index in [0.717, 1.165) is 15.9 Å². The Morgan fingerprint density at radius 3 is 2.72 bits per heavy atom. The number of nitrogen functional groups attached to an aromatic ring is 1. The van der Waals surface area contributed by atoms with Gasteiger partial charge in [0.15, 0.2) is 0 Å². The second-order valence-electron chi connectivity index (χ2n) is 3.67. The molecular formula is C13H12BrClN2O. The summed E-state index contributed by atoms with van der Waals surface area (Å²) in [5.41, 5.74) is 7.96. The Labute approximate surface area is 119 Å². The van der Waals surface area contributed by atoms with Gasteiger partial charge < -0.3 is 15.8 Å². The van der Waals surface area contributed by atoms with E-state index in [9.17, 15) is 0 Å². The molecule has 5 heteroatoms. The van der Waals surface area contributed by atoms with Crippen LogP contribution in [0.3, 0.4) is 0 Å². The van der Waals surface area contributed by atoms with Gasteiger partial charge in [-0.05, 0) is 30.3 Å². The molecule has 2 aromatic rings. The van der Waals surface area contributed by atoms with Crippen LogP contribution in [-0.4, -0.2) is 7.11 Å². The van der Waals surface area contributed by atoms with Gasteiger partial charge in [0.2, 0.25) is 0 Å². The van der Waals surface area contributed by atoms with Crippen molar-refractivity contribution in [2.75, 3.05) is 18.2 Å². The normalized spacial score (nSPS) is 10.2. The van der Waals surface area contributed by atoms with Crippen LogP contribution in [0.5, 0.6) is 5.75 Å². The van der Waals surface area contributed by atoms with Crippen LogP contribution in [0.15, 0.2) is 40.9 Å². The zero-order valence-corrected chi connectivity index (χ0v) is 12.0. The standard InChI is InChI=1S/C13H12BrClN2O/c1-18-12-6-5-8(14)7-11(12)17-13-9(15)3-2-4-10(13)16/h2-7,17H,16H2,1H3. The number of rotatable bonds is 3. The van der Waals surface area contributed by atoms with Gasteiger partial charge in [-0.25, -0.2) is 0 Å². The molecule has 0 bridgehead atoms. The lowest BCUT2D eigenvalue weighted by Gasteiger charge is -2.14. The van der Waals surface area contributed by atoms with Gasteiger partial charge in [0.25, 0.3) is 0 Å². The first-order chi connectivity index (χ1) is 8.61. The number of nitrogens with two attached hydrogens (primary N) is 1. The van der Waals surface area contributed by atoms with Gasteiger partial charge in [0.1, 0.15) is 5.75 Å². The highest BCUT2D eigenvalue weighted by atomic mass is 79.9. The Morgan fingerprint density at radius 2 is 2.06 bits per heavy atom. The van der Waals surface area contributed by atoms with Crippen LogP contribution in [0.2, 0.25) is 5.02 Å². The van der Waals surface area contributed by atoms with Crippen LogP contribution in [0.1, 0.15) is 0 Å². The van der Waals surface area contributed by atoms with Crippen molar-refractivity contribution in [2.24, 2.45) is 0 Å². The Hall–Kier alpha value is -1.39. The maximum atomic E-state index is 6.12. The lowest BCUT2D eigenvalue weighted by Crippen LogP contribution is -1.99. The summed E-state index contributed by atoms with van der Waals surface area (Å²) in [5, 5.41) is 3.76. The summed E-state index contributed by atoms with van der Waals surface area (Å²) in [5.74, 6) is 0.720. The van der Waals surface area contributed by atoms with Gasteiger partial charge in [-0.15, -0.1) is 0 Å². The average Bonchev–Trinajstić information content (AvgIpc) is 2.34. The minimum absolute atomic E-state index is 0.567. The molecule has 0 aliphatic heterocycles. The van der Waals surface area contributed by atoms with Gasteiger partial charge in [-0.3, -0.25) is 0 Å². The molecule has 0 aromatic heterocycles. The summed E-state index contributed by atoms with van der Waals surface area (Å²) < 4.78 is 6.23. The largest absolute Gasteiger partial charge is 0.495 e. The third-order valence-corrected chi connectivity index (χ3v) is 3.28. The molecule has 0 aliphatic rings. The molecular weight excluding hydrogens is 316 g/mol. The molecule has 3 nitrogen and oxygen atoms in total. The molecule has 0 unspecified atom stereocenters. The molecule has 0 radical (unpaired) electrons. The van der Waals surface area contributed by atoms with Crippen molar-refractivity contribution < 1.29 is 4.74 Å². The molecule has 0 amide bonds. The van der Waals surface area contributed by atoms with E-state index in [-0.39, 0.29) is 0 Å². The van der Waals surface area contributed by atoms with Gasteiger partial charge in [0.05, 0.1) is 29.2 Å². The van der Waals surface area contributed by atoms with Crippen LogP contribution >= 0.6 is 27.5 Å². The van der Waals surface area contributed by atoms with Crippen molar-refractivity contribution in [3.05, 3.63) is 45.9 Å². The highest BCUT2D eigenvalue weighted by Gasteiger charge is 2.08. The maximum absolute atomic E-state index is 6.12. The number of nitrogens with one attached hydrogen (secondary N) is 1. The number of benzene rings is 2. The molecule has 0 fully saturated rings. The van der Waals surface area contributed by atoms with Crippen LogP contribution in [0.4, 0.5) is 17.1 Å². The molecule has 2 aromatic carbocycles. The number of halogens is 2. The third kappa shape index (κ3) is 2.71. The van der Waals surface area contributed by atoms with E-state index in [1.807, 2.05) is 18.2 Å². The molecule has 0 atom stereocenters. The molecule has 0 saturated heterocycles. The monoisotopic (exact) mass is 326 g/mol. The Bertz CT molecular complexity index is 555. The summed E-state index contributed by atoms with van der Waals surface area (Å²) in [6.07, 6.45) is 0. The summed E-state index contributed by atoms with van der Waals surface area (Å²) in [7, 11) is 1.62. The SMILES string of the molecule is COc1ccc(Br)cc1Nc1c(N)cccc1Cl. The van der Waals surface area contributed by atoms with E-state index in [1.54, 1.807) is 25.3 Å². The molecule has 3 N–H and O–H groups in total. The van der Waals surface area contributed by atoms with Crippen molar-refractivity contribution in [2.45, 2.75) is 0 Å². The van der Waals surface area contributed by atoms with Crippen LogP contribution in [0, 0.1) is 0 Å². The fourth-order valence-corrected chi connectivity index (χ4v) is 2.18. The number of hydrogen-bond acceptors (Lipinski definition) is 3. The van der Waals surface area contributed by atoms with E-state index < -0.39 is 0 Å². The predicted octanol–water partition coefficient (Wildman–Crippen LogP) is 4.44. The van der Waals surface area contributed by atoms with Crippen molar-refractivity contribution in [1.82, 2.24) is 0 Å². The second-order valence-corrected chi connectivity index (χ2v) is 5.00. The van der Waals surface area contributed by atoms with Gasteiger partial charge in [-0.2, -0.15) is 0 Å². The smallest absolute Gasteiger partial charge is 0.142 e.